The minimum absolute atomic E-state index is 0.0996. The summed E-state index contributed by atoms with van der Waals surface area (Å²) < 4.78 is 2.16. The summed E-state index contributed by atoms with van der Waals surface area (Å²) in [6.07, 6.45) is 2.40. The van der Waals surface area contributed by atoms with E-state index in [-0.39, 0.29) is 5.91 Å². The van der Waals surface area contributed by atoms with Gasteiger partial charge >= 0.3 is 0 Å². The summed E-state index contributed by atoms with van der Waals surface area (Å²) in [7, 11) is 2.05. The number of nitrogens with zero attached hydrogens (tertiary/aromatic N) is 1. The highest BCUT2D eigenvalue weighted by atomic mass is 16.1. The lowest BCUT2D eigenvalue weighted by molar-refractivity contribution is -0.120. The third-order valence-corrected chi connectivity index (χ3v) is 4.67. The number of benzene rings is 2. The number of aromatic nitrogens is 1. The fourth-order valence-corrected chi connectivity index (χ4v) is 3.21. The van der Waals surface area contributed by atoms with E-state index in [0.717, 1.165) is 30.6 Å². The molecule has 0 aliphatic heterocycles. The number of fused-ring (bicyclic) bond motifs is 1. The Morgan fingerprint density at radius 2 is 1.75 bits per heavy atom. The van der Waals surface area contributed by atoms with Crippen molar-refractivity contribution in [2.45, 2.75) is 26.2 Å². The molecule has 0 saturated heterocycles. The molecule has 1 amide bonds. The zero-order chi connectivity index (χ0) is 16.9. The van der Waals surface area contributed by atoms with Crippen molar-refractivity contribution in [3.8, 4) is 0 Å². The Morgan fingerprint density at radius 3 is 2.54 bits per heavy atom. The summed E-state index contributed by atoms with van der Waals surface area (Å²) in [4.78, 5) is 12.3. The summed E-state index contributed by atoms with van der Waals surface area (Å²) in [5.74, 6) is 0.0996. The largest absolute Gasteiger partial charge is 0.356 e. The maximum absolute atomic E-state index is 12.3. The van der Waals surface area contributed by atoms with Crippen molar-refractivity contribution in [2.75, 3.05) is 6.54 Å². The van der Waals surface area contributed by atoms with Crippen LogP contribution in [0.15, 0.2) is 54.6 Å². The van der Waals surface area contributed by atoms with Crippen molar-refractivity contribution in [3.05, 3.63) is 71.4 Å². The number of carbonyl (C=O) groups excluding carboxylic acids is 1. The van der Waals surface area contributed by atoms with Crippen LogP contribution >= 0.6 is 0 Å². The third kappa shape index (κ3) is 3.51. The first-order valence-corrected chi connectivity index (χ1v) is 8.50. The molecule has 0 radical (unpaired) electrons. The van der Waals surface area contributed by atoms with Gasteiger partial charge < -0.3 is 9.88 Å². The Hall–Kier alpha value is -2.55. The molecule has 124 valence electrons. The Balaban J connectivity index is 1.57. The van der Waals surface area contributed by atoms with E-state index >= 15 is 0 Å². The van der Waals surface area contributed by atoms with Crippen molar-refractivity contribution in [2.24, 2.45) is 7.05 Å². The first kappa shape index (κ1) is 16.3. The average molecular weight is 320 g/mol. The van der Waals surface area contributed by atoms with Crippen LogP contribution in [0.4, 0.5) is 0 Å². The molecule has 3 rings (SSSR count). The van der Waals surface area contributed by atoms with E-state index in [0.29, 0.717) is 6.42 Å². The monoisotopic (exact) mass is 320 g/mol. The van der Waals surface area contributed by atoms with E-state index in [2.05, 4.69) is 60.3 Å². The van der Waals surface area contributed by atoms with Crippen LogP contribution in [0.1, 0.15) is 23.2 Å². The van der Waals surface area contributed by atoms with Gasteiger partial charge in [0.25, 0.3) is 0 Å². The number of hydrogen-bond acceptors (Lipinski definition) is 1. The molecule has 0 aliphatic carbocycles. The second-order valence-electron chi connectivity index (χ2n) is 6.26. The molecule has 24 heavy (non-hydrogen) atoms. The van der Waals surface area contributed by atoms with Crippen molar-refractivity contribution >= 4 is 16.8 Å². The van der Waals surface area contributed by atoms with E-state index in [1.165, 1.54) is 16.5 Å². The molecular formula is C21H24N2O. The Labute approximate surface area is 143 Å². The molecule has 0 saturated carbocycles. The van der Waals surface area contributed by atoms with Gasteiger partial charge in [-0.15, -0.1) is 0 Å². The molecule has 1 heterocycles. The molecule has 0 bridgehead atoms. The lowest BCUT2D eigenvalue weighted by atomic mass is 10.1. The molecule has 0 fully saturated rings. The zero-order valence-corrected chi connectivity index (χ0v) is 14.4. The van der Waals surface area contributed by atoms with Gasteiger partial charge in [0, 0.05) is 30.2 Å². The molecule has 0 unspecified atom stereocenters. The van der Waals surface area contributed by atoms with Crippen molar-refractivity contribution in [1.29, 1.82) is 0 Å². The maximum atomic E-state index is 12.3. The van der Waals surface area contributed by atoms with Crippen LogP contribution in [0.3, 0.4) is 0 Å². The number of amides is 1. The Bertz CT molecular complexity index is 834. The van der Waals surface area contributed by atoms with Crippen LogP contribution in [0.2, 0.25) is 0 Å². The SMILES string of the molecule is Cc1c(CC(=O)NCCCc2ccccc2)c2ccccc2n1C. The molecule has 3 aromatic rings. The first-order chi connectivity index (χ1) is 11.7. The zero-order valence-electron chi connectivity index (χ0n) is 14.4. The van der Waals surface area contributed by atoms with Crippen LogP contribution < -0.4 is 5.32 Å². The second kappa shape index (κ2) is 7.35. The molecule has 0 spiro atoms. The molecular weight excluding hydrogens is 296 g/mol. The van der Waals surface area contributed by atoms with Crippen molar-refractivity contribution in [1.82, 2.24) is 9.88 Å². The van der Waals surface area contributed by atoms with Gasteiger partial charge in [0.2, 0.25) is 5.91 Å². The highest BCUT2D eigenvalue weighted by molar-refractivity contribution is 5.90. The number of carbonyl (C=O) groups is 1. The first-order valence-electron chi connectivity index (χ1n) is 8.50. The molecule has 3 nitrogen and oxygen atoms in total. The number of rotatable bonds is 6. The Morgan fingerprint density at radius 1 is 1.04 bits per heavy atom. The number of nitrogens with one attached hydrogen (secondary N) is 1. The summed E-state index contributed by atoms with van der Waals surface area (Å²) in [5.41, 5.74) is 4.79. The normalized spacial score (nSPS) is 10.9. The van der Waals surface area contributed by atoms with E-state index in [1.807, 2.05) is 18.2 Å². The minimum Gasteiger partial charge on any atom is -0.356 e. The van der Waals surface area contributed by atoms with Gasteiger partial charge in [-0.2, -0.15) is 0 Å². The van der Waals surface area contributed by atoms with Crippen LogP contribution in [0.25, 0.3) is 10.9 Å². The fraction of sp³-hybridized carbons (Fsp3) is 0.286. The molecule has 3 heteroatoms. The van der Waals surface area contributed by atoms with Crippen molar-refractivity contribution in [3.63, 3.8) is 0 Å². The summed E-state index contributed by atoms with van der Waals surface area (Å²) in [6.45, 7) is 2.80. The van der Waals surface area contributed by atoms with Crippen LogP contribution in [-0.2, 0) is 24.7 Å². The van der Waals surface area contributed by atoms with Gasteiger partial charge in [0.1, 0.15) is 0 Å². The highest BCUT2D eigenvalue weighted by Gasteiger charge is 2.14. The van der Waals surface area contributed by atoms with Crippen LogP contribution in [0, 0.1) is 6.92 Å². The van der Waals surface area contributed by atoms with E-state index in [4.69, 9.17) is 0 Å². The Kier molecular flexibility index (Phi) is 4.99. The molecule has 1 aromatic heterocycles. The smallest absolute Gasteiger partial charge is 0.224 e. The quantitative estimate of drug-likeness (QED) is 0.689. The van der Waals surface area contributed by atoms with Gasteiger partial charge in [-0.3, -0.25) is 4.79 Å². The number of para-hydroxylation sites is 1. The summed E-state index contributed by atoms with van der Waals surface area (Å²) in [6, 6.07) is 18.6. The molecule has 2 aromatic carbocycles. The maximum Gasteiger partial charge on any atom is 0.224 e. The number of hydrogen-bond donors (Lipinski definition) is 1. The van der Waals surface area contributed by atoms with Gasteiger partial charge in [0.05, 0.1) is 6.42 Å². The standard InChI is InChI=1S/C21H24N2O/c1-16-19(18-12-6-7-13-20(18)23(16)2)15-21(24)22-14-8-11-17-9-4-3-5-10-17/h3-7,9-10,12-13H,8,11,14-15H2,1-2H3,(H,22,24). The molecule has 0 aliphatic rings. The third-order valence-electron chi connectivity index (χ3n) is 4.67. The molecule has 0 atom stereocenters. The van der Waals surface area contributed by atoms with Gasteiger partial charge in [-0.1, -0.05) is 48.5 Å². The minimum atomic E-state index is 0.0996. The number of aryl methyl sites for hydroxylation is 2. The van der Waals surface area contributed by atoms with Crippen molar-refractivity contribution < 1.29 is 4.79 Å². The van der Waals surface area contributed by atoms with Gasteiger partial charge in [-0.25, -0.2) is 0 Å². The highest BCUT2D eigenvalue weighted by Crippen LogP contribution is 2.25. The second-order valence-corrected chi connectivity index (χ2v) is 6.26. The molecule has 1 N–H and O–H groups in total. The van der Waals surface area contributed by atoms with E-state index < -0.39 is 0 Å². The lowest BCUT2D eigenvalue weighted by Crippen LogP contribution is -2.26. The topological polar surface area (TPSA) is 34.0 Å². The van der Waals surface area contributed by atoms with Crippen LogP contribution in [0.5, 0.6) is 0 Å². The fourth-order valence-electron chi connectivity index (χ4n) is 3.21. The van der Waals surface area contributed by atoms with Crippen LogP contribution in [-0.4, -0.2) is 17.0 Å². The summed E-state index contributed by atoms with van der Waals surface area (Å²) in [5, 5.41) is 4.23. The van der Waals surface area contributed by atoms with E-state index in [1.54, 1.807) is 0 Å². The lowest BCUT2D eigenvalue weighted by Gasteiger charge is -2.06. The van der Waals surface area contributed by atoms with Gasteiger partial charge in [-0.05, 0) is 37.0 Å². The average Bonchev–Trinajstić information content (AvgIpc) is 2.85. The predicted octanol–water partition coefficient (Wildman–Crippen LogP) is 3.78. The summed E-state index contributed by atoms with van der Waals surface area (Å²) >= 11 is 0. The van der Waals surface area contributed by atoms with E-state index in [9.17, 15) is 4.79 Å². The van der Waals surface area contributed by atoms with Gasteiger partial charge in [0.15, 0.2) is 0 Å². The predicted molar refractivity (Wildman–Crippen MR) is 99.1 cm³/mol.